The van der Waals surface area contributed by atoms with Crippen LogP contribution in [0.15, 0.2) is 65.6 Å². The van der Waals surface area contributed by atoms with Crippen molar-refractivity contribution in [2.24, 2.45) is 0 Å². The van der Waals surface area contributed by atoms with Crippen LogP contribution in [0.3, 0.4) is 0 Å². The summed E-state index contributed by atoms with van der Waals surface area (Å²) in [6, 6.07) is 19.5. The molecule has 0 spiro atoms. The van der Waals surface area contributed by atoms with Crippen LogP contribution in [0, 0.1) is 0 Å². The zero-order chi connectivity index (χ0) is 18.0. The maximum Gasteiger partial charge on any atom is 0.240 e. The highest BCUT2D eigenvalue weighted by atomic mass is 32.2. The molecule has 0 unspecified atom stereocenters. The SMILES string of the molecule is O=S(=O)(NCc1cc2ccccc2n1C1CCCCC1)c1ccccc1. The van der Waals surface area contributed by atoms with Gasteiger partial charge in [-0.2, -0.15) is 0 Å². The standard InChI is InChI=1S/C21H24N2O2S/c24-26(25,20-12-5-2-6-13-20)22-16-19-15-17-9-7-8-14-21(17)23(19)18-10-3-1-4-11-18/h2,5-9,12-15,18,22H,1,3-4,10-11,16H2. The van der Waals surface area contributed by atoms with Crippen LogP contribution < -0.4 is 4.72 Å². The Morgan fingerprint density at radius 1 is 0.923 bits per heavy atom. The first-order valence-electron chi connectivity index (χ1n) is 9.29. The molecule has 1 N–H and O–H groups in total. The normalized spacial score (nSPS) is 16.2. The Bertz CT molecular complexity index is 987. The lowest BCUT2D eigenvalue weighted by atomic mass is 9.95. The van der Waals surface area contributed by atoms with E-state index in [1.54, 1.807) is 24.3 Å². The highest BCUT2D eigenvalue weighted by Gasteiger charge is 2.21. The Morgan fingerprint density at radius 2 is 1.62 bits per heavy atom. The molecule has 0 saturated heterocycles. The van der Waals surface area contributed by atoms with E-state index in [9.17, 15) is 8.42 Å². The molecule has 26 heavy (non-hydrogen) atoms. The number of fused-ring (bicyclic) bond motifs is 1. The minimum Gasteiger partial charge on any atom is -0.340 e. The third-order valence-corrected chi connectivity index (χ3v) is 6.68. The number of hydrogen-bond acceptors (Lipinski definition) is 2. The van der Waals surface area contributed by atoms with Gasteiger partial charge < -0.3 is 4.57 Å². The monoisotopic (exact) mass is 368 g/mol. The van der Waals surface area contributed by atoms with E-state index >= 15 is 0 Å². The summed E-state index contributed by atoms with van der Waals surface area (Å²) in [6.07, 6.45) is 6.11. The Hall–Kier alpha value is -2.11. The van der Waals surface area contributed by atoms with Gasteiger partial charge in [0.2, 0.25) is 10.0 Å². The van der Waals surface area contributed by atoms with E-state index < -0.39 is 10.0 Å². The summed E-state index contributed by atoms with van der Waals surface area (Å²) >= 11 is 0. The van der Waals surface area contributed by atoms with Gasteiger partial charge in [-0.3, -0.25) is 0 Å². The molecule has 0 amide bonds. The van der Waals surface area contributed by atoms with E-state index in [-0.39, 0.29) is 0 Å². The Balaban J connectivity index is 1.66. The predicted octanol–water partition coefficient (Wildman–Crippen LogP) is 4.63. The van der Waals surface area contributed by atoms with Crippen molar-refractivity contribution < 1.29 is 8.42 Å². The van der Waals surface area contributed by atoms with Crippen molar-refractivity contribution in [3.63, 3.8) is 0 Å². The molecule has 1 aliphatic carbocycles. The third kappa shape index (κ3) is 3.41. The van der Waals surface area contributed by atoms with Gasteiger partial charge in [-0.05, 0) is 42.5 Å². The number of benzene rings is 2. The summed E-state index contributed by atoms with van der Waals surface area (Å²) in [5.74, 6) is 0. The van der Waals surface area contributed by atoms with Crippen molar-refractivity contribution in [2.45, 2.75) is 49.6 Å². The van der Waals surface area contributed by atoms with Crippen molar-refractivity contribution in [2.75, 3.05) is 0 Å². The zero-order valence-corrected chi connectivity index (χ0v) is 15.6. The maximum absolute atomic E-state index is 12.6. The topological polar surface area (TPSA) is 51.1 Å². The fourth-order valence-corrected chi connectivity index (χ4v) is 5.01. The minimum atomic E-state index is -3.51. The number of sulfonamides is 1. The van der Waals surface area contributed by atoms with Gasteiger partial charge in [0.15, 0.2) is 0 Å². The molecule has 0 aliphatic heterocycles. The molecule has 3 aromatic rings. The third-order valence-electron chi connectivity index (χ3n) is 5.26. The number of aromatic nitrogens is 1. The molecule has 1 fully saturated rings. The summed E-state index contributed by atoms with van der Waals surface area (Å²) in [5, 5.41) is 1.17. The van der Waals surface area contributed by atoms with Crippen LogP contribution in [0.25, 0.3) is 10.9 Å². The molecular formula is C21H24N2O2S. The van der Waals surface area contributed by atoms with Crippen LogP contribution in [0.4, 0.5) is 0 Å². The van der Waals surface area contributed by atoms with E-state index in [1.807, 2.05) is 12.1 Å². The second kappa shape index (κ2) is 7.25. The average Bonchev–Trinajstić information content (AvgIpc) is 3.06. The predicted molar refractivity (Wildman–Crippen MR) is 105 cm³/mol. The smallest absolute Gasteiger partial charge is 0.240 e. The molecule has 0 bridgehead atoms. The Labute approximate surface area is 154 Å². The number of nitrogens with zero attached hydrogens (tertiary/aromatic N) is 1. The molecule has 1 aliphatic rings. The number of nitrogens with one attached hydrogen (secondary N) is 1. The quantitative estimate of drug-likeness (QED) is 0.714. The fraction of sp³-hybridized carbons (Fsp3) is 0.333. The summed E-state index contributed by atoms with van der Waals surface area (Å²) in [4.78, 5) is 0.306. The van der Waals surface area contributed by atoms with Crippen LogP contribution in [-0.4, -0.2) is 13.0 Å². The van der Waals surface area contributed by atoms with Crippen LogP contribution in [-0.2, 0) is 16.6 Å². The first-order valence-corrected chi connectivity index (χ1v) is 10.8. The Kier molecular flexibility index (Phi) is 4.83. The maximum atomic E-state index is 12.6. The molecule has 5 heteroatoms. The van der Waals surface area contributed by atoms with Gasteiger partial charge in [0, 0.05) is 17.3 Å². The second-order valence-corrected chi connectivity index (χ2v) is 8.76. The molecule has 136 valence electrons. The van der Waals surface area contributed by atoms with E-state index in [0.717, 1.165) is 18.5 Å². The van der Waals surface area contributed by atoms with Gasteiger partial charge >= 0.3 is 0 Å². The lowest BCUT2D eigenvalue weighted by Gasteiger charge is -2.26. The first-order chi connectivity index (χ1) is 12.6. The molecule has 1 aromatic heterocycles. The number of hydrogen-bond donors (Lipinski definition) is 1. The highest BCUT2D eigenvalue weighted by molar-refractivity contribution is 7.89. The molecule has 0 radical (unpaired) electrons. The van der Waals surface area contributed by atoms with Gasteiger partial charge in [-0.15, -0.1) is 0 Å². The van der Waals surface area contributed by atoms with E-state index in [4.69, 9.17) is 0 Å². The lowest BCUT2D eigenvalue weighted by molar-refractivity contribution is 0.354. The second-order valence-electron chi connectivity index (χ2n) is 6.99. The number of rotatable bonds is 5. The van der Waals surface area contributed by atoms with Crippen LogP contribution in [0.2, 0.25) is 0 Å². The van der Waals surface area contributed by atoms with Crippen LogP contribution >= 0.6 is 0 Å². The first kappa shape index (κ1) is 17.3. The van der Waals surface area contributed by atoms with Crippen molar-refractivity contribution in [3.8, 4) is 0 Å². The van der Waals surface area contributed by atoms with Gasteiger partial charge in [-0.25, -0.2) is 13.1 Å². The van der Waals surface area contributed by atoms with Crippen molar-refractivity contribution in [3.05, 3.63) is 66.4 Å². The van der Waals surface area contributed by atoms with Crippen molar-refractivity contribution in [1.82, 2.24) is 9.29 Å². The molecule has 1 heterocycles. The van der Waals surface area contributed by atoms with Gasteiger partial charge in [0.25, 0.3) is 0 Å². The average molecular weight is 369 g/mol. The highest BCUT2D eigenvalue weighted by Crippen LogP contribution is 2.33. The summed E-state index contributed by atoms with van der Waals surface area (Å²) in [7, 11) is -3.51. The van der Waals surface area contributed by atoms with Crippen molar-refractivity contribution >= 4 is 20.9 Å². The van der Waals surface area contributed by atoms with Gasteiger partial charge in [0.1, 0.15) is 0 Å². The van der Waals surface area contributed by atoms with E-state index in [1.165, 1.54) is 30.2 Å². The largest absolute Gasteiger partial charge is 0.340 e. The molecular weight excluding hydrogens is 344 g/mol. The van der Waals surface area contributed by atoms with E-state index in [2.05, 4.69) is 33.6 Å². The molecule has 1 saturated carbocycles. The Morgan fingerprint density at radius 3 is 2.38 bits per heavy atom. The molecule has 2 aromatic carbocycles. The summed E-state index contributed by atoms with van der Waals surface area (Å²) < 4.78 is 30.3. The molecule has 4 nitrogen and oxygen atoms in total. The van der Waals surface area contributed by atoms with Crippen LogP contribution in [0.1, 0.15) is 43.8 Å². The van der Waals surface area contributed by atoms with Crippen LogP contribution in [0.5, 0.6) is 0 Å². The zero-order valence-electron chi connectivity index (χ0n) is 14.8. The summed E-state index contributed by atoms with van der Waals surface area (Å²) in [5.41, 5.74) is 2.24. The van der Waals surface area contributed by atoms with Gasteiger partial charge in [0.05, 0.1) is 11.4 Å². The van der Waals surface area contributed by atoms with E-state index in [0.29, 0.717) is 17.5 Å². The molecule has 0 atom stereocenters. The van der Waals surface area contributed by atoms with Gasteiger partial charge in [-0.1, -0.05) is 55.7 Å². The summed E-state index contributed by atoms with van der Waals surface area (Å²) in [6.45, 7) is 0.308. The molecule has 4 rings (SSSR count). The minimum absolute atomic E-state index is 0.306. The number of para-hydroxylation sites is 1. The lowest BCUT2D eigenvalue weighted by Crippen LogP contribution is -2.25. The van der Waals surface area contributed by atoms with Crippen molar-refractivity contribution in [1.29, 1.82) is 0 Å². The fourth-order valence-electron chi connectivity index (χ4n) is 3.99.